The third kappa shape index (κ3) is 13.8. The molecule has 0 aliphatic rings. The van der Waals surface area contributed by atoms with Gasteiger partial charge < -0.3 is 30.7 Å². The summed E-state index contributed by atoms with van der Waals surface area (Å²) in [7, 11) is 3.60. The van der Waals surface area contributed by atoms with Crippen LogP contribution in [0.5, 0.6) is 0 Å². The number of thiazole rings is 1. The van der Waals surface area contributed by atoms with Gasteiger partial charge in [-0.3, -0.25) is 24.0 Å². The molecule has 0 radical (unpaired) electrons. The minimum Gasteiger partial charge on any atom is -0.481 e. The van der Waals surface area contributed by atoms with E-state index in [-0.39, 0.29) is 48.2 Å². The van der Waals surface area contributed by atoms with E-state index in [0.717, 1.165) is 31.4 Å². The minimum atomic E-state index is -0.945. The van der Waals surface area contributed by atoms with Crippen LogP contribution < -0.4 is 16.0 Å². The van der Waals surface area contributed by atoms with Crippen molar-refractivity contribution in [2.24, 2.45) is 17.8 Å². The standard InChI is InChI=1S/C37H57N5O7S/c1-8-25(4)33(41-32(44)17-13-10-14-18-38-6)36(46)42(7)30(24(2)3)21-31(49-23-43)35-40-29(22-50-35)34(45)39-28(19-26(5)37(47)48)20-27-15-11-9-12-16-27/h9,11-12,15-16,22-26,28,30-31,33,38H,8,10,13-14,17-21H2,1-7H3,(H,39,45)(H,41,44)(H,47,48)/t25-,26-,28+,30+,31+,33?/m0/s1. The van der Waals surface area contributed by atoms with E-state index in [0.29, 0.717) is 30.7 Å². The van der Waals surface area contributed by atoms with Gasteiger partial charge >= 0.3 is 5.97 Å². The molecule has 0 spiro atoms. The van der Waals surface area contributed by atoms with Crippen molar-refractivity contribution in [2.45, 2.75) is 110 Å². The molecule has 1 heterocycles. The Kier molecular flexibility index (Phi) is 18.7. The van der Waals surface area contributed by atoms with Crippen LogP contribution in [0.15, 0.2) is 35.7 Å². The van der Waals surface area contributed by atoms with Gasteiger partial charge in [0.15, 0.2) is 6.10 Å². The summed E-state index contributed by atoms with van der Waals surface area (Å²) in [5, 5.41) is 20.5. The largest absolute Gasteiger partial charge is 0.481 e. The lowest BCUT2D eigenvalue weighted by Gasteiger charge is -2.36. The topological polar surface area (TPSA) is 167 Å². The molecule has 3 amide bonds. The molecular formula is C37H57N5O7S. The van der Waals surface area contributed by atoms with Crippen molar-refractivity contribution >= 4 is 41.5 Å². The Hall–Kier alpha value is -3.84. The molecule has 13 heteroatoms. The normalized spacial score (nSPS) is 14.9. The zero-order valence-electron chi connectivity index (χ0n) is 30.6. The van der Waals surface area contributed by atoms with Crippen LogP contribution in [0.1, 0.15) is 107 Å². The third-order valence-corrected chi connectivity index (χ3v) is 10.1. The maximum absolute atomic E-state index is 14.0. The van der Waals surface area contributed by atoms with Gasteiger partial charge in [0.25, 0.3) is 12.4 Å². The van der Waals surface area contributed by atoms with Crippen LogP contribution in [0.2, 0.25) is 0 Å². The smallest absolute Gasteiger partial charge is 0.306 e. The Balaban J connectivity index is 2.21. The monoisotopic (exact) mass is 715 g/mol. The molecule has 0 saturated heterocycles. The predicted octanol–water partition coefficient (Wildman–Crippen LogP) is 4.99. The quantitative estimate of drug-likeness (QED) is 0.0865. The van der Waals surface area contributed by atoms with E-state index < -0.39 is 36.0 Å². The average Bonchev–Trinajstić information content (AvgIpc) is 3.59. The third-order valence-electron chi connectivity index (χ3n) is 9.17. The van der Waals surface area contributed by atoms with E-state index in [1.165, 1.54) is 11.3 Å². The highest BCUT2D eigenvalue weighted by Gasteiger charge is 2.35. The first-order valence-electron chi connectivity index (χ1n) is 17.6. The number of carboxylic acid groups (broad SMARTS) is 1. The Morgan fingerprint density at radius 3 is 2.32 bits per heavy atom. The number of likely N-dealkylation sites (N-methyl/N-ethyl adjacent to an activating group) is 1. The number of amides is 3. The van der Waals surface area contributed by atoms with Crippen LogP contribution in [0, 0.1) is 17.8 Å². The molecule has 2 rings (SSSR count). The highest BCUT2D eigenvalue weighted by molar-refractivity contribution is 7.09. The number of carbonyl (C=O) groups excluding carboxylic acids is 4. The summed E-state index contributed by atoms with van der Waals surface area (Å²) in [5.74, 6) is -2.59. The summed E-state index contributed by atoms with van der Waals surface area (Å²) >= 11 is 1.17. The van der Waals surface area contributed by atoms with Gasteiger partial charge in [-0.1, -0.05) is 77.8 Å². The maximum Gasteiger partial charge on any atom is 0.306 e. The molecule has 0 aliphatic heterocycles. The number of carboxylic acids is 1. The van der Waals surface area contributed by atoms with Gasteiger partial charge in [-0.2, -0.15) is 0 Å². The van der Waals surface area contributed by atoms with E-state index in [2.05, 4.69) is 20.9 Å². The van der Waals surface area contributed by atoms with Crippen LogP contribution in [-0.2, 0) is 30.3 Å². The summed E-state index contributed by atoms with van der Waals surface area (Å²) in [6.45, 7) is 10.7. The number of nitrogens with zero attached hydrogens (tertiary/aromatic N) is 2. The Bertz CT molecular complexity index is 1350. The van der Waals surface area contributed by atoms with Crippen molar-refractivity contribution in [3.63, 3.8) is 0 Å². The number of hydrogen-bond donors (Lipinski definition) is 4. The molecule has 50 heavy (non-hydrogen) atoms. The fourth-order valence-corrected chi connectivity index (χ4v) is 6.72. The van der Waals surface area contributed by atoms with Crippen molar-refractivity contribution in [3.05, 3.63) is 52.0 Å². The van der Waals surface area contributed by atoms with Crippen molar-refractivity contribution in [1.29, 1.82) is 0 Å². The van der Waals surface area contributed by atoms with Gasteiger partial charge in [0.2, 0.25) is 11.8 Å². The zero-order valence-corrected chi connectivity index (χ0v) is 31.5. The highest BCUT2D eigenvalue weighted by atomic mass is 32.1. The van der Waals surface area contributed by atoms with Crippen molar-refractivity contribution < 1.29 is 33.8 Å². The van der Waals surface area contributed by atoms with E-state index in [9.17, 15) is 29.1 Å². The molecule has 0 aliphatic carbocycles. The number of rotatable bonds is 24. The molecule has 6 atom stereocenters. The van der Waals surface area contributed by atoms with Gasteiger partial charge in [-0.05, 0) is 56.7 Å². The number of ether oxygens (including phenoxy) is 1. The van der Waals surface area contributed by atoms with E-state index in [1.807, 2.05) is 65.1 Å². The second kappa shape index (κ2) is 22.1. The predicted molar refractivity (Wildman–Crippen MR) is 195 cm³/mol. The Morgan fingerprint density at radius 1 is 1.02 bits per heavy atom. The first-order chi connectivity index (χ1) is 23.8. The lowest BCUT2D eigenvalue weighted by atomic mass is 9.93. The van der Waals surface area contributed by atoms with Gasteiger partial charge in [0.1, 0.15) is 16.7 Å². The number of aliphatic carboxylic acids is 1. The summed E-state index contributed by atoms with van der Waals surface area (Å²) in [6.07, 6.45) is 3.76. The molecule has 0 bridgehead atoms. The lowest BCUT2D eigenvalue weighted by Crippen LogP contribution is -2.54. The zero-order chi connectivity index (χ0) is 37.2. The number of aromatic nitrogens is 1. The second-order valence-electron chi connectivity index (χ2n) is 13.5. The minimum absolute atomic E-state index is 0.0418. The Labute approximate surface area is 301 Å². The summed E-state index contributed by atoms with van der Waals surface area (Å²) in [6, 6.07) is 7.97. The number of benzene rings is 1. The summed E-state index contributed by atoms with van der Waals surface area (Å²) < 4.78 is 5.49. The molecule has 12 nitrogen and oxygen atoms in total. The average molecular weight is 716 g/mol. The molecule has 4 N–H and O–H groups in total. The van der Waals surface area contributed by atoms with Crippen LogP contribution >= 0.6 is 11.3 Å². The summed E-state index contributed by atoms with van der Waals surface area (Å²) in [5.41, 5.74) is 1.09. The number of carbonyl (C=O) groups is 5. The van der Waals surface area contributed by atoms with Crippen molar-refractivity contribution in [1.82, 2.24) is 25.8 Å². The molecule has 278 valence electrons. The van der Waals surface area contributed by atoms with Gasteiger partial charge in [-0.15, -0.1) is 11.3 Å². The number of unbranched alkanes of at least 4 members (excludes halogenated alkanes) is 2. The molecule has 0 fully saturated rings. The van der Waals surface area contributed by atoms with Crippen LogP contribution in [-0.4, -0.2) is 83.9 Å². The fraction of sp³-hybridized carbons (Fsp3) is 0.622. The van der Waals surface area contributed by atoms with Gasteiger partial charge in [0.05, 0.1) is 5.92 Å². The highest BCUT2D eigenvalue weighted by Crippen LogP contribution is 2.30. The first kappa shape index (κ1) is 42.3. The first-order valence-corrected chi connectivity index (χ1v) is 18.5. The molecule has 1 aromatic carbocycles. The second-order valence-corrected chi connectivity index (χ2v) is 14.4. The SMILES string of the molecule is CC[C@H](C)C(NC(=O)CCCCCNC)C(=O)N(C)[C@H](C[C@@H](OC=O)c1nc(C(=O)N[C@@H](Cc2ccccc2)C[C@H](C)C(=O)O)cs1)C(C)C. The fourth-order valence-electron chi connectivity index (χ4n) is 5.87. The van der Waals surface area contributed by atoms with Crippen molar-refractivity contribution in [2.75, 3.05) is 20.6 Å². The lowest BCUT2D eigenvalue weighted by molar-refractivity contribution is -0.142. The molecule has 1 unspecified atom stereocenters. The van der Waals surface area contributed by atoms with Crippen LogP contribution in [0.25, 0.3) is 0 Å². The molecular weight excluding hydrogens is 659 g/mol. The molecule has 1 aromatic heterocycles. The maximum atomic E-state index is 14.0. The molecule has 0 saturated carbocycles. The van der Waals surface area contributed by atoms with Gasteiger partial charge in [-0.25, -0.2) is 4.98 Å². The van der Waals surface area contributed by atoms with E-state index in [1.54, 1.807) is 24.3 Å². The molecule has 2 aromatic rings. The van der Waals surface area contributed by atoms with E-state index >= 15 is 0 Å². The van der Waals surface area contributed by atoms with Crippen molar-refractivity contribution in [3.8, 4) is 0 Å². The van der Waals surface area contributed by atoms with Crippen LogP contribution in [0.4, 0.5) is 0 Å². The van der Waals surface area contributed by atoms with Crippen LogP contribution in [0.3, 0.4) is 0 Å². The van der Waals surface area contributed by atoms with Gasteiger partial charge in [0, 0.05) is 37.4 Å². The number of nitrogens with one attached hydrogen (secondary N) is 3. The Morgan fingerprint density at radius 2 is 1.72 bits per heavy atom. The van der Waals surface area contributed by atoms with E-state index in [4.69, 9.17) is 4.74 Å². The summed E-state index contributed by atoms with van der Waals surface area (Å²) in [4.78, 5) is 69.6. The number of hydrogen-bond acceptors (Lipinski definition) is 9.